The molecule has 0 spiro atoms. The molecule has 0 bridgehead atoms. The summed E-state index contributed by atoms with van der Waals surface area (Å²) in [6.07, 6.45) is -1.75. The number of ether oxygens (including phenoxy) is 1. The fourth-order valence-electron chi connectivity index (χ4n) is 3.51. The van der Waals surface area contributed by atoms with Crippen molar-refractivity contribution in [3.05, 3.63) is 65.1 Å². The molecule has 4 aromatic rings. The molecule has 4 rings (SSSR count). The molecular weight excluding hydrogens is 552 g/mol. The van der Waals surface area contributed by atoms with Gasteiger partial charge >= 0.3 is 12.3 Å². The number of alkyl halides is 3. The van der Waals surface area contributed by atoms with E-state index in [-0.39, 0.29) is 22.6 Å². The number of hydrogen-bond donors (Lipinski definition) is 2. The molecule has 17 heteroatoms. The smallest absolute Gasteiger partial charge is 0.434 e. The molecule has 0 unspecified atom stereocenters. The van der Waals surface area contributed by atoms with Crippen molar-refractivity contribution in [2.24, 2.45) is 0 Å². The Labute approximate surface area is 228 Å². The van der Waals surface area contributed by atoms with E-state index in [0.29, 0.717) is 10.9 Å². The summed E-state index contributed by atoms with van der Waals surface area (Å²) in [4.78, 5) is 34.0. The molecule has 2 N–H and O–H groups in total. The van der Waals surface area contributed by atoms with E-state index in [0.717, 1.165) is 17.1 Å². The third-order valence-electron chi connectivity index (χ3n) is 5.10. The van der Waals surface area contributed by atoms with E-state index in [4.69, 9.17) is 4.74 Å². The maximum absolute atomic E-state index is 14.5. The van der Waals surface area contributed by atoms with Crippen LogP contribution in [0.2, 0.25) is 0 Å². The minimum absolute atomic E-state index is 0.0351. The van der Waals surface area contributed by atoms with Crippen molar-refractivity contribution < 1.29 is 31.9 Å². The molecule has 41 heavy (non-hydrogen) atoms. The zero-order valence-electron chi connectivity index (χ0n) is 21.8. The summed E-state index contributed by atoms with van der Waals surface area (Å²) in [6, 6.07) is 3.88. The molecule has 0 saturated heterocycles. The lowest BCUT2D eigenvalue weighted by Gasteiger charge is -2.20. The van der Waals surface area contributed by atoms with Gasteiger partial charge < -0.3 is 10.1 Å². The van der Waals surface area contributed by atoms with Gasteiger partial charge in [-0.15, -0.1) is 4.80 Å². The van der Waals surface area contributed by atoms with E-state index < -0.39 is 52.5 Å². The number of halogens is 4. The standard InChI is InChI=1S/C24H20F4N10O3/c1-12-7-16(25)18(36-22(40)41-23(2,3)4)35-19(12)37-17(24(26,27)28)15(11-33-37)21(39)34-14-8-13(9-29)20(30-10-14)38-31-5-6-32-38/h5-8,10-11H,1-4H3,(H,34,39)(H,35,36,40). The predicted molar refractivity (Wildman–Crippen MR) is 133 cm³/mol. The van der Waals surface area contributed by atoms with Gasteiger partial charge in [-0.3, -0.25) is 10.1 Å². The topological polar surface area (TPSA) is 166 Å². The first-order valence-electron chi connectivity index (χ1n) is 11.6. The first-order valence-corrected chi connectivity index (χ1v) is 11.6. The van der Waals surface area contributed by atoms with Crippen LogP contribution < -0.4 is 10.6 Å². The van der Waals surface area contributed by atoms with Crippen LogP contribution in [0.3, 0.4) is 0 Å². The number of nitriles is 1. The number of carbonyl (C=O) groups is 2. The zero-order valence-corrected chi connectivity index (χ0v) is 21.8. The van der Waals surface area contributed by atoms with Crippen LogP contribution in [-0.2, 0) is 10.9 Å². The summed E-state index contributed by atoms with van der Waals surface area (Å²) < 4.78 is 62.7. The number of rotatable bonds is 5. The van der Waals surface area contributed by atoms with E-state index in [1.165, 1.54) is 25.4 Å². The molecule has 0 saturated carbocycles. The average molecular weight is 572 g/mol. The average Bonchev–Trinajstić information content (AvgIpc) is 3.55. The Morgan fingerprint density at radius 3 is 2.32 bits per heavy atom. The van der Waals surface area contributed by atoms with Gasteiger partial charge in [-0.25, -0.2) is 23.8 Å². The van der Waals surface area contributed by atoms with Gasteiger partial charge in [0.1, 0.15) is 17.2 Å². The van der Waals surface area contributed by atoms with E-state index in [1.807, 2.05) is 6.07 Å². The number of carbonyl (C=O) groups excluding carboxylic acids is 2. The third kappa shape index (κ3) is 6.27. The summed E-state index contributed by atoms with van der Waals surface area (Å²) >= 11 is 0. The molecule has 4 aromatic heterocycles. The lowest BCUT2D eigenvalue weighted by molar-refractivity contribution is -0.143. The van der Waals surface area contributed by atoms with Gasteiger partial charge in [0.25, 0.3) is 5.91 Å². The molecule has 0 radical (unpaired) electrons. The Hall–Kier alpha value is -5.40. The van der Waals surface area contributed by atoms with Crippen LogP contribution in [-0.4, -0.2) is 52.3 Å². The third-order valence-corrected chi connectivity index (χ3v) is 5.10. The minimum Gasteiger partial charge on any atom is -0.444 e. The van der Waals surface area contributed by atoms with Crippen molar-refractivity contribution in [1.82, 2.24) is 34.7 Å². The number of anilines is 2. The van der Waals surface area contributed by atoms with Crippen LogP contribution in [0.1, 0.15) is 48.0 Å². The first-order chi connectivity index (χ1) is 19.2. The number of nitrogens with zero attached hydrogens (tertiary/aromatic N) is 8. The van der Waals surface area contributed by atoms with Gasteiger partial charge in [0.2, 0.25) is 0 Å². The predicted octanol–water partition coefficient (Wildman–Crippen LogP) is 4.18. The molecule has 0 aliphatic rings. The molecule has 13 nitrogen and oxygen atoms in total. The number of nitrogens with one attached hydrogen (secondary N) is 2. The minimum atomic E-state index is -5.13. The lowest BCUT2D eigenvalue weighted by atomic mass is 10.2. The largest absolute Gasteiger partial charge is 0.444 e. The van der Waals surface area contributed by atoms with Crippen molar-refractivity contribution in [2.45, 2.75) is 39.5 Å². The van der Waals surface area contributed by atoms with Crippen LogP contribution >= 0.6 is 0 Å². The van der Waals surface area contributed by atoms with E-state index >= 15 is 0 Å². The normalized spacial score (nSPS) is 11.6. The van der Waals surface area contributed by atoms with E-state index in [9.17, 15) is 32.4 Å². The van der Waals surface area contributed by atoms with Crippen molar-refractivity contribution in [3.63, 3.8) is 0 Å². The maximum Gasteiger partial charge on any atom is 0.434 e. The molecule has 0 aliphatic heterocycles. The van der Waals surface area contributed by atoms with Crippen LogP contribution in [0.4, 0.5) is 33.9 Å². The lowest BCUT2D eigenvalue weighted by Crippen LogP contribution is -2.28. The number of aromatic nitrogens is 7. The van der Waals surface area contributed by atoms with Crippen molar-refractivity contribution in [2.75, 3.05) is 10.6 Å². The molecule has 4 heterocycles. The fourth-order valence-corrected chi connectivity index (χ4v) is 3.51. The highest BCUT2D eigenvalue weighted by molar-refractivity contribution is 6.05. The summed E-state index contributed by atoms with van der Waals surface area (Å²) in [5.74, 6) is -3.45. The van der Waals surface area contributed by atoms with Gasteiger partial charge in [-0.1, -0.05) is 0 Å². The monoisotopic (exact) mass is 572 g/mol. The molecule has 0 atom stereocenters. The van der Waals surface area contributed by atoms with Crippen molar-refractivity contribution >= 4 is 23.5 Å². The maximum atomic E-state index is 14.5. The van der Waals surface area contributed by atoms with Crippen LogP contribution in [0, 0.1) is 24.1 Å². The van der Waals surface area contributed by atoms with Gasteiger partial charge in [0.05, 0.1) is 36.0 Å². The highest BCUT2D eigenvalue weighted by atomic mass is 19.4. The number of aryl methyl sites for hydroxylation is 1. The Kier molecular flexibility index (Phi) is 7.42. The van der Waals surface area contributed by atoms with Gasteiger partial charge in [0.15, 0.2) is 29.0 Å². The summed E-state index contributed by atoms with van der Waals surface area (Å²) in [5, 5.41) is 25.2. The zero-order chi connectivity index (χ0) is 30.1. The van der Waals surface area contributed by atoms with Gasteiger partial charge in [-0.05, 0) is 45.4 Å². The second kappa shape index (κ2) is 10.6. The molecule has 2 amide bonds. The highest BCUT2D eigenvalue weighted by Gasteiger charge is 2.41. The number of pyridine rings is 2. The molecule has 0 aromatic carbocycles. The van der Waals surface area contributed by atoms with Crippen LogP contribution in [0.15, 0.2) is 36.9 Å². The Morgan fingerprint density at radius 1 is 1.02 bits per heavy atom. The van der Waals surface area contributed by atoms with Gasteiger partial charge in [-0.2, -0.15) is 33.7 Å². The summed E-state index contributed by atoms with van der Waals surface area (Å²) in [5.41, 5.74) is -3.61. The van der Waals surface area contributed by atoms with Gasteiger partial charge in [0, 0.05) is 0 Å². The Balaban J connectivity index is 1.70. The second-order valence-corrected chi connectivity index (χ2v) is 9.38. The van der Waals surface area contributed by atoms with E-state index in [2.05, 4.69) is 35.9 Å². The Morgan fingerprint density at radius 2 is 1.71 bits per heavy atom. The Bertz CT molecular complexity index is 1670. The fraction of sp³-hybridized carbons (Fsp3) is 0.250. The van der Waals surface area contributed by atoms with E-state index in [1.54, 1.807) is 20.8 Å². The second-order valence-electron chi connectivity index (χ2n) is 9.38. The number of hydrogen-bond acceptors (Lipinski definition) is 9. The molecule has 0 fully saturated rings. The summed E-state index contributed by atoms with van der Waals surface area (Å²) in [6.45, 7) is 5.95. The van der Waals surface area contributed by atoms with Crippen LogP contribution in [0.5, 0.6) is 0 Å². The quantitative estimate of drug-likeness (QED) is 0.334. The summed E-state index contributed by atoms with van der Waals surface area (Å²) in [7, 11) is 0. The van der Waals surface area contributed by atoms with Crippen molar-refractivity contribution in [3.8, 4) is 17.7 Å². The molecule has 212 valence electrons. The first kappa shape index (κ1) is 28.6. The number of amides is 2. The molecule has 0 aliphatic carbocycles. The van der Waals surface area contributed by atoms with Crippen LogP contribution in [0.25, 0.3) is 11.6 Å². The highest BCUT2D eigenvalue weighted by Crippen LogP contribution is 2.35. The van der Waals surface area contributed by atoms with Crippen molar-refractivity contribution in [1.29, 1.82) is 5.26 Å². The molecular formula is C24H20F4N10O3. The SMILES string of the molecule is Cc1cc(F)c(NC(=O)OC(C)(C)C)nc1-n1ncc(C(=O)Nc2cnc(-n3nccn3)c(C#N)c2)c1C(F)(F)F.